The molecule has 0 fully saturated rings. The average Bonchev–Trinajstić information content (AvgIpc) is 4.00. The van der Waals surface area contributed by atoms with Gasteiger partial charge in [0.15, 0.2) is 0 Å². The molecule has 0 radical (unpaired) electrons. The van der Waals surface area contributed by atoms with Crippen molar-refractivity contribution in [1.29, 1.82) is 10.5 Å². The number of aromatic nitrogens is 4. The fraction of sp³-hybridized carbons (Fsp3) is 0.296. The first-order valence-electron chi connectivity index (χ1n) is 20.8. The number of allylic oxidation sites excluding steroid dienone is 2. The van der Waals surface area contributed by atoms with Crippen LogP contribution in [0.4, 0.5) is 0 Å². The molecule has 5 aromatic rings. The molecule has 60 heavy (non-hydrogen) atoms. The van der Waals surface area contributed by atoms with Crippen molar-refractivity contribution in [3.8, 4) is 34.4 Å². The van der Waals surface area contributed by atoms with Crippen LogP contribution in [0.2, 0.25) is 0 Å². The Morgan fingerprint density at radius 1 is 0.433 bits per heavy atom. The van der Waals surface area contributed by atoms with Crippen LogP contribution in [0.1, 0.15) is 139 Å². The lowest BCUT2D eigenvalue weighted by molar-refractivity contribution is 0.568. The monoisotopic (exact) mass is 788 g/mol. The molecule has 2 aliphatic heterocycles. The van der Waals surface area contributed by atoms with E-state index in [4.69, 9.17) is 9.97 Å². The molecule has 0 saturated carbocycles. The molecule has 0 spiro atoms. The van der Waals surface area contributed by atoms with Crippen molar-refractivity contribution in [2.45, 2.75) is 105 Å². The van der Waals surface area contributed by atoms with E-state index in [0.29, 0.717) is 0 Å². The Morgan fingerprint density at radius 3 is 1.03 bits per heavy atom. The van der Waals surface area contributed by atoms with Crippen molar-refractivity contribution in [2.24, 2.45) is 0 Å². The molecule has 6 heteroatoms. The highest BCUT2D eigenvalue weighted by molar-refractivity contribution is 5.96. The van der Waals surface area contributed by atoms with Gasteiger partial charge in [0.2, 0.25) is 0 Å². The van der Waals surface area contributed by atoms with Gasteiger partial charge in [-0.3, -0.25) is 0 Å². The molecule has 8 bridgehead atoms. The first-order chi connectivity index (χ1) is 28.1. The molecule has 0 saturated heterocycles. The zero-order valence-electron chi connectivity index (χ0n) is 37.2. The lowest BCUT2D eigenvalue weighted by atomic mass is 9.78. The Morgan fingerprint density at radius 2 is 0.733 bits per heavy atom. The molecule has 0 atom stereocenters. The highest BCUT2D eigenvalue weighted by atomic mass is 14.8. The number of aromatic amines is 2. The highest BCUT2D eigenvalue weighted by Gasteiger charge is 2.25. The van der Waals surface area contributed by atoms with Gasteiger partial charge >= 0.3 is 0 Å². The molecule has 2 aromatic carbocycles. The number of nitrogens with zero attached hydrogens (tertiary/aromatic N) is 4. The smallest absolute Gasteiger partial charge is 0.0912 e. The summed E-state index contributed by atoms with van der Waals surface area (Å²) >= 11 is 0. The van der Waals surface area contributed by atoms with E-state index in [1.165, 1.54) is 34.4 Å². The quantitative estimate of drug-likeness (QED) is 0.173. The molecule has 6 nitrogen and oxygen atoms in total. The third-order valence-corrected chi connectivity index (χ3v) is 11.4. The fourth-order valence-electron chi connectivity index (χ4n) is 7.72. The summed E-state index contributed by atoms with van der Waals surface area (Å²) in [5.41, 5.74) is 16.7. The normalized spacial score (nSPS) is 13.4. The number of nitriles is 2. The van der Waals surface area contributed by atoms with Gasteiger partial charge in [0, 0.05) is 56.5 Å². The van der Waals surface area contributed by atoms with Crippen LogP contribution in [0.25, 0.3) is 80.8 Å². The van der Waals surface area contributed by atoms with Gasteiger partial charge in [0.05, 0.1) is 34.9 Å². The number of H-pyrrole nitrogens is 2. The zero-order valence-corrected chi connectivity index (χ0v) is 37.2. The van der Waals surface area contributed by atoms with Crippen LogP contribution in [0, 0.1) is 22.7 Å². The average molecular weight is 789 g/mol. The van der Waals surface area contributed by atoms with Gasteiger partial charge in [-0.15, -0.1) is 0 Å². The van der Waals surface area contributed by atoms with Crippen LogP contribution >= 0.6 is 0 Å². The van der Waals surface area contributed by atoms with Gasteiger partial charge in [0.1, 0.15) is 0 Å². The predicted octanol–water partition coefficient (Wildman–Crippen LogP) is 14.3. The summed E-state index contributed by atoms with van der Waals surface area (Å²) in [7, 11) is 0. The van der Waals surface area contributed by atoms with Crippen molar-refractivity contribution >= 4 is 58.5 Å². The first-order valence-corrected chi connectivity index (χ1v) is 20.8. The zero-order chi connectivity index (χ0) is 43.4. The molecule has 2 N–H and O–H groups in total. The topological polar surface area (TPSA) is 105 Å². The van der Waals surface area contributed by atoms with Crippen molar-refractivity contribution in [3.63, 3.8) is 0 Å². The van der Waals surface area contributed by atoms with E-state index in [-0.39, 0.29) is 21.7 Å². The summed E-state index contributed by atoms with van der Waals surface area (Å²) in [6.07, 6.45) is 14.9. The van der Waals surface area contributed by atoms with Crippen LogP contribution in [0.5, 0.6) is 0 Å². The third-order valence-electron chi connectivity index (χ3n) is 11.4. The SMILES string of the molecule is CC(C)(C)c1cc(-c2c3nc(c(/C=C/C#N)c4ccc([nH]4)c(-c4cc(C(C)(C)C)cc(C(C)(C)C)c4)c4nc(c(/C=C/C#N)c5ccc2[nH]5)C=C4)C=C3)cc(C(C)(C)C)c1. The number of nitrogens with one attached hydrogen (secondary N) is 2. The molecular formula is C54H56N6. The lowest BCUT2D eigenvalue weighted by Gasteiger charge is -2.26. The van der Waals surface area contributed by atoms with E-state index in [1.54, 1.807) is 0 Å². The Balaban J connectivity index is 1.69. The standard InChI is InChI=1S/C54H56N6/c1-51(2,3)35-27-33(28-36(31-35)52(4,5)6)49-45-21-17-41(57-45)39(15-13-25-55)43-19-23-47(59-43)50(34-29-37(53(7,8)9)32-38(30-34)54(10,11)12)48-24-20-44(60-48)40(16-14-26-56)42-18-22-46(49)58-42/h13-24,27-32,57,60H,1-12H3/b15-13+,16-14+,41-39?,42-40?,43-39?,44-40?,49-45?,49-46?,50-47?,50-48?. The molecule has 0 amide bonds. The summed E-state index contributed by atoms with van der Waals surface area (Å²) in [4.78, 5) is 18.2. The summed E-state index contributed by atoms with van der Waals surface area (Å²) in [6, 6.07) is 26.6. The first kappa shape index (κ1) is 41.7. The van der Waals surface area contributed by atoms with E-state index in [9.17, 15) is 10.5 Å². The van der Waals surface area contributed by atoms with Crippen LogP contribution in [0.15, 0.2) is 72.8 Å². The third kappa shape index (κ3) is 8.34. The molecule has 7 rings (SSSR count). The summed E-state index contributed by atoms with van der Waals surface area (Å²) in [6.45, 7) is 27.0. The summed E-state index contributed by atoms with van der Waals surface area (Å²) in [5, 5.41) is 19.6. The number of rotatable bonds is 4. The molecule has 0 unspecified atom stereocenters. The van der Waals surface area contributed by atoms with Gasteiger partial charge in [-0.05, 0) is 116 Å². The van der Waals surface area contributed by atoms with Crippen LogP contribution in [-0.4, -0.2) is 19.9 Å². The Labute approximate surface area is 355 Å². The predicted molar refractivity (Wildman–Crippen MR) is 254 cm³/mol. The van der Waals surface area contributed by atoms with Crippen molar-refractivity contribution in [2.75, 3.05) is 0 Å². The number of hydrogen-bond donors (Lipinski definition) is 2. The molecule has 3 aromatic heterocycles. The van der Waals surface area contributed by atoms with E-state index in [0.717, 1.165) is 78.2 Å². The minimum atomic E-state index is -0.100. The lowest BCUT2D eigenvalue weighted by Crippen LogP contribution is -2.16. The van der Waals surface area contributed by atoms with E-state index >= 15 is 0 Å². The Bertz CT molecular complexity index is 2650. The van der Waals surface area contributed by atoms with Gasteiger partial charge < -0.3 is 9.97 Å². The van der Waals surface area contributed by atoms with Crippen LogP contribution in [-0.2, 0) is 21.7 Å². The fourth-order valence-corrected chi connectivity index (χ4v) is 7.72. The minimum absolute atomic E-state index is 0.100. The van der Waals surface area contributed by atoms with Crippen LogP contribution in [0.3, 0.4) is 0 Å². The summed E-state index contributed by atoms with van der Waals surface area (Å²) in [5.74, 6) is 0. The molecule has 0 aliphatic carbocycles. The minimum Gasteiger partial charge on any atom is -0.354 e. The van der Waals surface area contributed by atoms with E-state index < -0.39 is 0 Å². The Hall–Kier alpha value is -6.50. The Kier molecular flexibility index (Phi) is 10.6. The second kappa shape index (κ2) is 15.3. The molecule has 302 valence electrons. The van der Waals surface area contributed by atoms with Gasteiger partial charge in [-0.25, -0.2) is 9.97 Å². The maximum atomic E-state index is 9.79. The second-order valence-corrected chi connectivity index (χ2v) is 20.1. The largest absolute Gasteiger partial charge is 0.354 e. The maximum absolute atomic E-state index is 9.79. The number of benzene rings is 2. The maximum Gasteiger partial charge on any atom is 0.0912 e. The van der Waals surface area contributed by atoms with E-state index in [1.807, 2.05) is 24.3 Å². The molecule has 2 aliphatic rings. The highest BCUT2D eigenvalue weighted by Crippen LogP contribution is 2.40. The molecule has 5 heterocycles. The van der Waals surface area contributed by atoms with Crippen LogP contribution < -0.4 is 0 Å². The summed E-state index contributed by atoms with van der Waals surface area (Å²) < 4.78 is 0. The van der Waals surface area contributed by atoms with Crippen molar-refractivity contribution in [3.05, 3.63) is 129 Å². The second-order valence-electron chi connectivity index (χ2n) is 20.1. The van der Waals surface area contributed by atoms with Gasteiger partial charge in [0.25, 0.3) is 0 Å². The number of hydrogen-bond acceptors (Lipinski definition) is 4. The van der Waals surface area contributed by atoms with E-state index in [2.05, 4.69) is 178 Å². The van der Waals surface area contributed by atoms with Gasteiger partial charge in [-0.1, -0.05) is 119 Å². The molecular weight excluding hydrogens is 733 g/mol. The van der Waals surface area contributed by atoms with Crippen molar-refractivity contribution < 1.29 is 0 Å². The van der Waals surface area contributed by atoms with Crippen molar-refractivity contribution in [1.82, 2.24) is 19.9 Å². The van der Waals surface area contributed by atoms with Gasteiger partial charge in [-0.2, -0.15) is 10.5 Å². The number of fused-ring (bicyclic) bond motifs is 8.